The molecule has 0 radical (unpaired) electrons. The maximum Gasteiger partial charge on any atom is 0.314 e. The van der Waals surface area contributed by atoms with Crippen molar-refractivity contribution in [3.63, 3.8) is 0 Å². The second-order valence-electron chi connectivity index (χ2n) is 11.5. The van der Waals surface area contributed by atoms with E-state index in [0.717, 1.165) is 38.5 Å². The van der Waals surface area contributed by atoms with Gasteiger partial charge >= 0.3 is 5.97 Å². The van der Waals surface area contributed by atoms with Gasteiger partial charge in [0, 0.05) is 16.7 Å². The van der Waals surface area contributed by atoms with Crippen molar-refractivity contribution in [1.82, 2.24) is 0 Å². The number of unbranched alkanes of at least 4 members (excludes halogenated alkanes) is 2. The van der Waals surface area contributed by atoms with Crippen molar-refractivity contribution < 1.29 is 23.1 Å². The van der Waals surface area contributed by atoms with Crippen molar-refractivity contribution in [1.29, 1.82) is 0 Å². The molecule has 0 spiro atoms. The molecular weight excluding hydrogens is 521 g/mol. The van der Waals surface area contributed by atoms with Crippen LogP contribution in [0.1, 0.15) is 75.0 Å². The van der Waals surface area contributed by atoms with Gasteiger partial charge in [-0.05, 0) is 54.0 Å². The van der Waals surface area contributed by atoms with Gasteiger partial charge in [0.15, 0.2) is 0 Å². The predicted octanol–water partition coefficient (Wildman–Crippen LogP) is 9.61. The highest BCUT2D eigenvalue weighted by atomic mass is 19.1. The van der Waals surface area contributed by atoms with Gasteiger partial charge in [0.05, 0.1) is 11.3 Å². The van der Waals surface area contributed by atoms with Crippen LogP contribution in [-0.2, 0) is 10.2 Å². The first-order chi connectivity index (χ1) is 19.9. The van der Waals surface area contributed by atoms with E-state index in [1.165, 1.54) is 31.0 Å². The van der Waals surface area contributed by atoms with Crippen molar-refractivity contribution >= 4 is 17.1 Å². The molecule has 2 aliphatic rings. The Morgan fingerprint density at radius 1 is 0.756 bits per heavy atom. The second kappa shape index (κ2) is 12.5. The van der Waals surface area contributed by atoms with Crippen molar-refractivity contribution in [3.05, 3.63) is 119 Å². The van der Waals surface area contributed by atoms with Crippen LogP contribution in [0.25, 0.3) is 11.1 Å². The lowest BCUT2D eigenvalue weighted by Crippen LogP contribution is -2.43. The fourth-order valence-corrected chi connectivity index (χ4v) is 7.22. The Kier molecular flexibility index (Phi) is 8.82. The van der Waals surface area contributed by atoms with Gasteiger partial charge in [-0.15, -0.1) is 0 Å². The minimum Gasteiger partial charge on any atom is -0.481 e. The van der Waals surface area contributed by atoms with E-state index >= 15 is 13.2 Å². The molecule has 0 aliphatic heterocycles. The lowest BCUT2D eigenvalue weighted by molar-refractivity contribution is -0.138. The summed E-state index contributed by atoms with van der Waals surface area (Å²) in [5.41, 5.74) is 0.243. The third-order valence-electron chi connectivity index (χ3n) is 9.13. The molecule has 0 bridgehead atoms. The average molecular weight is 559 g/mol. The summed E-state index contributed by atoms with van der Waals surface area (Å²) in [6, 6.07) is 18.9. The van der Waals surface area contributed by atoms with Crippen LogP contribution in [0.3, 0.4) is 0 Å². The van der Waals surface area contributed by atoms with Crippen LogP contribution in [0.4, 0.5) is 13.2 Å². The number of hydrogen-bond donors (Lipinski definition) is 1. The summed E-state index contributed by atoms with van der Waals surface area (Å²) >= 11 is 0. The molecule has 0 atom stereocenters. The molecule has 0 unspecified atom stereocenters. The molecule has 0 heterocycles. The zero-order valence-corrected chi connectivity index (χ0v) is 23.5. The molecule has 5 heteroatoms. The number of carbonyl (C=O) groups is 1. The van der Waals surface area contributed by atoms with Gasteiger partial charge in [-0.25, -0.2) is 13.2 Å². The Morgan fingerprint density at radius 2 is 1.27 bits per heavy atom. The van der Waals surface area contributed by atoms with Gasteiger partial charge in [-0.3, -0.25) is 4.79 Å². The summed E-state index contributed by atoms with van der Waals surface area (Å²) in [7, 11) is 0. The Labute approximate surface area is 240 Å². The molecule has 1 fully saturated rings. The lowest BCUT2D eigenvalue weighted by atomic mass is 9.52. The first-order valence-electron chi connectivity index (χ1n) is 14.8. The Balaban J connectivity index is 1.79. The molecule has 3 aromatic rings. The first kappa shape index (κ1) is 28.9. The molecular formula is C36H37F3O2. The van der Waals surface area contributed by atoms with Gasteiger partial charge in [0.25, 0.3) is 0 Å². The number of hydrogen-bond acceptors (Lipinski definition) is 1. The van der Waals surface area contributed by atoms with Gasteiger partial charge < -0.3 is 5.11 Å². The summed E-state index contributed by atoms with van der Waals surface area (Å²) in [6.07, 6.45) is 11.1. The summed E-state index contributed by atoms with van der Waals surface area (Å²) in [6.45, 7) is 2.19. The van der Waals surface area contributed by atoms with Gasteiger partial charge in [-0.1, -0.05) is 112 Å². The Morgan fingerprint density at radius 3 is 1.76 bits per heavy atom. The highest BCUT2D eigenvalue weighted by Crippen LogP contribution is 2.60. The standard InChI is InChI=1S/C36H37F3O2/c1-2-3-4-11-24-18-20-26(21-19-24)36(29-14-7-10-17-34(29)39)30(27-12-5-8-15-32(27)37)22-25(35(40)41)23-31(36)28-13-6-9-16-33(28)38/h5-10,12-17,22-26H,2-4,11,18-21H2,1H3,(H,40,41). The third kappa shape index (κ3) is 5.51. The van der Waals surface area contributed by atoms with E-state index in [-0.39, 0.29) is 17.0 Å². The van der Waals surface area contributed by atoms with E-state index in [2.05, 4.69) is 6.92 Å². The fourth-order valence-electron chi connectivity index (χ4n) is 7.22. The van der Waals surface area contributed by atoms with Crippen LogP contribution < -0.4 is 0 Å². The topological polar surface area (TPSA) is 37.3 Å². The Bertz CT molecular complexity index is 1380. The molecule has 5 rings (SSSR count). The largest absolute Gasteiger partial charge is 0.481 e. The second-order valence-corrected chi connectivity index (χ2v) is 11.5. The third-order valence-corrected chi connectivity index (χ3v) is 9.13. The van der Waals surface area contributed by atoms with Crippen molar-refractivity contribution in [2.45, 2.75) is 63.7 Å². The highest BCUT2D eigenvalue weighted by Gasteiger charge is 2.52. The molecule has 2 aliphatic carbocycles. The molecule has 1 N–H and O–H groups in total. The van der Waals surface area contributed by atoms with Crippen LogP contribution in [0.15, 0.2) is 84.9 Å². The van der Waals surface area contributed by atoms with E-state index in [9.17, 15) is 9.90 Å². The maximum absolute atomic E-state index is 16.1. The van der Waals surface area contributed by atoms with E-state index in [1.54, 1.807) is 66.7 Å². The molecule has 41 heavy (non-hydrogen) atoms. The maximum atomic E-state index is 16.1. The quantitative estimate of drug-likeness (QED) is 0.266. The summed E-state index contributed by atoms with van der Waals surface area (Å²) < 4.78 is 47.5. The van der Waals surface area contributed by atoms with Gasteiger partial charge in [-0.2, -0.15) is 0 Å². The zero-order valence-electron chi connectivity index (χ0n) is 23.5. The van der Waals surface area contributed by atoms with Crippen molar-refractivity contribution in [2.75, 3.05) is 0 Å². The van der Waals surface area contributed by atoms with E-state index in [4.69, 9.17) is 0 Å². The first-order valence-corrected chi connectivity index (χ1v) is 14.8. The average Bonchev–Trinajstić information content (AvgIpc) is 2.98. The molecule has 0 amide bonds. The molecule has 1 saturated carbocycles. The van der Waals surface area contributed by atoms with Gasteiger partial charge in [0.1, 0.15) is 17.5 Å². The molecule has 2 nitrogen and oxygen atoms in total. The summed E-state index contributed by atoms with van der Waals surface area (Å²) in [5, 5.41) is 10.2. The van der Waals surface area contributed by atoms with E-state index in [0.29, 0.717) is 22.6 Å². The molecule has 3 aromatic carbocycles. The van der Waals surface area contributed by atoms with Crippen LogP contribution >= 0.6 is 0 Å². The van der Waals surface area contributed by atoms with E-state index in [1.807, 2.05) is 0 Å². The van der Waals surface area contributed by atoms with Crippen molar-refractivity contribution in [3.8, 4) is 0 Å². The van der Waals surface area contributed by atoms with Crippen LogP contribution in [-0.4, -0.2) is 11.1 Å². The summed E-state index contributed by atoms with van der Waals surface area (Å²) in [4.78, 5) is 12.5. The van der Waals surface area contributed by atoms with E-state index < -0.39 is 34.8 Å². The number of aliphatic carboxylic acids is 1. The number of allylic oxidation sites excluding steroid dienone is 2. The molecule has 214 valence electrons. The fraction of sp³-hybridized carbons (Fsp3) is 0.361. The number of halogens is 3. The minimum absolute atomic E-state index is 0.201. The van der Waals surface area contributed by atoms with Crippen molar-refractivity contribution in [2.24, 2.45) is 17.8 Å². The number of rotatable bonds is 9. The number of carboxylic acid groups (broad SMARTS) is 1. The zero-order chi connectivity index (χ0) is 29.0. The predicted molar refractivity (Wildman–Crippen MR) is 158 cm³/mol. The smallest absolute Gasteiger partial charge is 0.314 e. The van der Waals surface area contributed by atoms with Crippen LogP contribution in [0, 0.1) is 35.2 Å². The minimum atomic E-state index is -1.30. The number of benzene rings is 3. The molecule has 0 saturated heterocycles. The van der Waals surface area contributed by atoms with Crippen LogP contribution in [0.2, 0.25) is 0 Å². The lowest BCUT2D eigenvalue weighted by Gasteiger charge is -2.50. The summed E-state index contributed by atoms with van der Waals surface area (Å²) in [5.74, 6) is -3.44. The van der Waals surface area contributed by atoms with Crippen LogP contribution in [0.5, 0.6) is 0 Å². The number of carboxylic acids is 1. The monoisotopic (exact) mass is 558 g/mol. The normalized spacial score (nSPS) is 24.4. The SMILES string of the molecule is CCCCCC1CCC(C2(c3ccccc3F)C(c3ccccc3F)=CC(C(=O)O)C=C2c2ccccc2F)CC1. The van der Waals surface area contributed by atoms with Gasteiger partial charge in [0.2, 0.25) is 0 Å². The highest BCUT2D eigenvalue weighted by molar-refractivity contribution is 5.98. The molecule has 0 aromatic heterocycles. The Hall–Kier alpha value is -3.60.